The number of benzene rings is 1. The molecule has 1 aromatic carbocycles. The Bertz CT molecular complexity index is 544. The molecule has 0 aliphatic heterocycles. The first-order valence-electron chi connectivity index (χ1n) is 7.63. The number of rotatable bonds is 4. The average molecular weight is 370 g/mol. The quantitative estimate of drug-likeness (QED) is 0.562. The molecule has 0 heterocycles. The molecule has 6 heteroatoms. The van der Waals surface area contributed by atoms with E-state index in [1.54, 1.807) is 0 Å². The summed E-state index contributed by atoms with van der Waals surface area (Å²) in [7, 11) is -3.95. The van der Waals surface area contributed by atoms with Crippen LogP contribution in [-0.4, -0.2) is 58.8 Å². The monoisotopic (exact) mass is 370 g/mol. The average Bonchev–Trinajstić information content (AvgIpc) is 2.26. The van der Waals surface area contributed by atoms with E-state index in [0.717, 1.165) is 16.7 Å². The van der Waals surface area contributed by atoms with E-state index in [1.807, 2.05) is 53.7 Å². The van der Waals surface area contributed by atoms with Crippen LogP contribution < -0.4 is 0 Å². The minimum atomic E-state index is -3.95. The van der Waals surface area contributed by atoms with Crippen molar-refractivity contribution in [2.24, 2.45) is 0 Å². The van der Waals surface area contributed by atoms with Crippen LogP contribution in [0, 0.1) is 0 Å². The molecule has 130 valence electrons. The van der Waals surface area contributed by atoms with E-state index >= 15 is 0 Å². The summed E-state index contributed by atoms with van der Waals surface area (Å²) in [6, 6.07) is 3.93. The topological polar surface area (TPSA) is 77.8 Å². The summed E-state index contributed by atoms with van der Waals surface area (Å²) < 4.78 is 11.0. The minimum absolute atomic E-state index is 0. The molecular weight excluding hydrogens is 339 g/mol. The summed E-state index contributed by atoms with van der Waals surface area (Å²) in [4.78, 5) is 18.0. The molecule has 0 spiro atoms. The van der Waals surface area contributed by atoms with Crippen molar-refractivity contribution in [2.45, 2.75) is 65.2 Å². The summed E-state index contributed by atoms with van der Waals surface area (Å²) in [6.07, 6.45) is 0.920. The third-order valence-corrected chi connectivity index (χ3v) is 4.60. The standard InChI is InChI=1S/C17H29O4P.Ca.2H/c1-16(2,3)13-10-12(8-7-9-22(19,20)21)11-14(15(13)18)17(4,5)6;;;/h10-11,18H,7-9H2,1-6H3,(H2,19,20,21);;;. The summed E-state index contributed by atoms with van der Waals surface area (Å²) >= 11 is 0. The van der Waals surface area contributed by atoms with Crippen LogP contribution in [0.3, 0.4) is 0 Å². The van der Waals surface area contributed by atoms with Crippen molar-refractivity contribution in [1.82, 2.24) is 0 Å². The molecule has 4 nitrogen and oxygen atoms in total. The van der Waals surface area contributed by atoms with E-state index in [2.05, 4.69) is 0 Å². The van der Waals surface area contributed by atoms with E-state index in [9.17, 15) is 9.67 Å². The zero-order valence-corrected chi connectivity index (χ0v) is 15.4. The molecule has 0 amide bonds. The maximum absolute atomic E-state index is 11.0. The molecule has 0 aliphatic carbocycles. The molecule has 0 aliphatic rings. The van der Waals surface area contributed by atoms with Crippen molar-refractivity contribution in [2.75, 3.05) is 6.16 Å². The van der Waals surface area contributed by atoms with Crippen LogP contribution in [0.5, 0.6) is 5.75 Å². The van der Waals surface area contributed by atoms with E-state index in [-0.39, 0.29) is 54.7 Å². The Kier molecular flexibility index (Phi) is 8.36. The van der Waals surface area contributed by atoms with Gasteiger partial charge in [0, 0.05) is 0 Å². The van der Waals surface area contributed by atoms with E-state index in [1.165, 1.54) is 0 Å². The van der Waals surface area contributed by atoms with E-state index in [0.29, 0.717) is 18.6 Å². The molecule has 0 atom stereocenters. The Balaban J connectivity index is 0.00000484. The number of hydrogen-bond donors (Lipinski definition) is 3. The first kappa shape index (κ1) is 23.4. The molecule has 0 aromatic heterocycles. The summed E-state index contributed by atoms with van der Waals surface area (Å²) in [5, 5.41) is 10.6. The van der Waals surface area contributed by atoms with Gasteiger partial charge in [-0.25, -0.2) is 0 Å². The fourth-order valence-electron chi connectivity index (χ4n) is 2.47. The third kappa shape index (κ3) is 7.46. The number of phenols is 1. The fraction of sp³-hybridized carbons (Fsp3) is 0.647. The van der Waals surface area contributed by atoms with Crippen LogP contribution in [-0.2, 0) is 21.8 Å². The molecule has 23 heavy (non-hydrogen) atoms. The second kappa shape index (κ2) is 8.21. The zero-order valence-electron chi connectivity index (χ0n) is 14.5. The number of phenolic OH excluding ortho intramolecular Hbond substituents is 1. The van der Waals surface area contributed by atoms with E-state index in [4.69, 9.17) is 9.79 Å². The molecule has 3 N–H and O–H groups in total. The predicted octanol–water partition coefficient (Wildman–Crippen LogP) is 3.18. The summed E-state index contributed by atoms with van der Waals surface area (Å²) in [5.74, 6) is 0.332. The van der Waals surface area contributed by atoms with E-state index < -0.39 is 7.60 Å². The van der Waals surface area contributed by atoms with Crippen molar-refractivity contribution < 1.29 is 19.5 Å². The van der Waals surface area contributed by atoms with Gasteiger partial charge in [0.25, 0.3) is 0 Å². The molecule has 0 fully saturated rings. The molecule has 0 saturated carbocycles. The molecular formula is C17H31CaO4P. The van der Waals surface area contributed by atoms with Crippen molar-refractivity contribution in [3.05, 3.63) is 28.8 Å². The van der Waals surface area contributed by atoms with Crippen LogP contribution in [0.15, 0.2) is 12.1 Å². The Morgan fingerprint density at radius 3 is 1.65 bits per heavy atom. The number of aryl methyl sites for hydroxylation is 1. The molecule has 1 aromatic rings. The molecule has 0 saturated heterocycles. The van der Waals surface area contributed by atoms with Gasteiger partial charge in [0.15, 0.2) is 0 Å². The van der Waals surface area contributed by atoms with Gasteiger partial charge in [0.05, 0.1) is 6.16 Å². The summed E-state index contributed by atoms with van der Waals surface area (Å²) in [6.45, 7) is 12.3. The first-order valence-corrected chi connectivity index (χ1v) is 9.43. The SMILES string of the molecule is CC(C)(C)c1cc(CCCP(=O)(O)O)cc(C(C)(C)C)c1O.[CaH2]. The van der Waals surface area contributed by atoms with Crippen LogP contribution in [0.2, 0.25) is 0 Å². The zero-order chi connectivity index (χ0) is 17.3. The second-order valence-electron chi connectivity index (χ2n) is 8.03. The van der Waals surface area contributed by atoms with Crippen molar-refractivity contribution in [3.8, 4) is 5.75 Å². The van der Waals surface area contributed by atoms with Crippen LogP contribution >= 0.6 is 7.60 Å². The van der Waals surface area contributed by atoms with Crippen LogP contribution in [0.4, 0.5) is 0 Å². The second-order valence-corrected chi connectivity index (χ2v) is 9.81. The Hall–Kier alpha value is 0.430. The Labute approximate surface area is 169 Å². The molecule has 1 rings (SSSR count). The van der Waals surface area contributed by atoms with Crippen molar-refractivity contribution in [1.29, 1.82) is 0 Å². The molecule has 0 radical (unpaired) electrons. The Morgan fingerprint density at radius 2 is 1.35 bits per heavy atom. The maximum atomic E-state index is 11.0. The van der Waals surface area contributed by atoms with Gasteiger partial charge in [-0.15, -0.1) is 0 Å². The molecule has 0 unspecified atom stereocenters. The van der Waals surface area contributed by atoms with Crippen molar-refractivity contribution in [3.63, 3.8) is 0 Å². The fourth-order valence-corrected chi connectivity index (χ4v) is 3.04. The number of hydrogen-bond acceptors (Lipinski definition) is 2. The Morgan fingerprint density at radius 1 is 0.957 bits per heavy atom. The van der Waals surface area contributed by atoms with Gasteiger partial charge in [0.2, 0.25) is 0 Å². The van der Waals surface area contributed by atoms with Crippen LogP contribution in [0.1, 0.15) is 64.7 Å². The predicted molar refractivity (Wildman–Crippen MR) is 99.3 cm³/mol. The number of aromatic hydroxyl groups is 1. The normalized spacial score (nSPS) is 12.9. The van der Waals surface area contributed by atoms with Crippen molar-refractivity contribution >= 4 is 45.3 Å². The van der Waals surface area contributed by atoms with Gasteiger partial charge < -0.3 is 14.9 Å². The van der Waals surface area contributed by atoms with Gasteiger partial charge in [0.1, 0.15) is 5.75 Å². The summed E-state index contributed by atoms with van der Waals surface area (Å²) in [5.41, 5.74) is 2.39. The van der Waals surface area contributed by atoms with Crippen LogP contribution in [0.25, 0.3) is 0 Å². The van der Waals surface area contributed by atoms with Gasteiger partial charge in [-0.3, -0.25) is 4.57 Å². The van der Waals surface area contributed by atoms with Gasteiger partial charge in [-0.1, -0.05) is 53.7 Å². The first-order chi connectivity index (χ1) is 9.72. The van der Waals surface area contributed by atoms with Gasteiger partial charge >= 0.3 is 45.3 Å². The van der Waals surface area contributed by atoms with Gasteiger partial charge in [-0.2, -0.15) is 0 Å². The third-order valence-electron chi connectivity index (χ3n) is 3.70. The molecule has 0 bridgehead atoms. The van der Waals surface area contributed by atoms with Gasteiger partial charge in [-0.05, 0) is 40.4 Å².